The first-order valence-electron chi connectivity index (χ1n) is 8.42. The Morgan fingerprint density at radius 1 is 0.615 bits per heavy atom. The number of nitrogens with two attached hydrogens (primary N) is 4. The first-order valence-corrected chi connectivity index (χ1v) is 8.42. The van der Waals surface area contributed by atoms with Gasteiger partial charge in [0.15, 0.2) is 0 Å². The van der Waals surface area contributed by atoms with Crippen LogP contribution in [-0.2, 0) is 28.4 Å². The summed E-state index contributed by atoms with van der Waals surface area (Å²) in [6.45, 7) is 8.72. The molecule has 0 bridgehead atoms. The van der Waals surface area contributed by atoms with E-state index in [0.29, 0.717) is 52.8 Å². The molecule has 0 aromatic carbocycles. The van der Waals surface area contributed by atoms with Crippen molar-refractivity contribution in [2.45, 2.75) is 33.4 Å². The smallest absolute Gasteiger partial charge is 0.146 e. The van der Waals surface area contributed by atoms with Crippen molar-refractivity contribution in [1.29, 1.82) is 0 Å². The lowest BCUT2D eigenvalue weighted by Crippen LogP contribution is -2.23. The first kappa shape index (κ1) is 30.3. The Morgan fingerprint density at radius 2 is 1.04 bits per heavy atom. The quantitative estimate of drug-likeness (QED) is 0.184. The maximum Gasteiger partial charge on any atom is 0.146 e. The van der Waals surface area contributed by atoms with Gasteiger partial charge in [-0.2, -0.15) is 0 Å². The highest BCUT2D eigenvalue weighted by Crippen LogP contribution is 1.83. The number of hydrogen-bond donors (Lipinski definition) is 4. The average Bonchev–Trinajstić information content (AvgIpc) is 2.56. The molecule has 2 atom stereocenters. The van der Waals surface area contributed by atoms with Crippen molar-refractivity contribution in [3.8, 4) is 0 Å². The highest BCUT2D eigenvalue weighted by atomic mass is 16.7. The molecule has 0 amide bonds. The van der Waals surface area contributed by atoms with Crippen LogP contribution in [0.25, 0.3) is 0 Å². The van der Waals surface area contributed by atoms with Gasteiger partial charge >= 0.3 is 0 Å². The predicted octanol–water partition coefficient (Wildman–Crippen LogP) is -0.807. The monoisotopic (exact) mass is 386 g/mol. The largest absolute Gasteiger partial charge is 0.377 e. The summed E-state index contributed by atoms with van der Waals surface area (Å²) in [5.74, 6) is 0. The van der Waals surface area contributed by atoms with E-state index in [0.717, 1.165) is 0 Å². The van der Waals surface area contributed by atoms with Crippen molar-refractivity contribution in [2.24, 2.45) is 22.9 Å². The first-order chi connectivity index (χ1) is 12.0. The average molecular weight is 387 g/mol. The molecule has 0 heterocycles. The molecule has 2 unspecified atom stereocenters. The molecule has 0 rings (SSSR count). The van der Waals surface area contributed by atoms with Gasteiger partial charge in [-0.05, 0) is 13.8 Å². The van der Waals surface area contributed by atoms with E-state index in [4.69, 9.17) is 51.4 Å². The van der Waals surface area contributed by atoms with Gasteiger partial charge < -0.3 is 51.4 Å². The van der Waals surface area contributed by atoms with Crippen molar-refractivity contribution in [3.63, 3.8) is 0 Å². The molecule has 0 saturated carbocycles. The number of hydrogen-bond acceptors (Lipinski definition) is 10. The predicted molar refractivity (Wildman–Crippen MR) is 102 cm³/mol. The van der Waals surface area contributed by atoms with E-state index in [1.807, 2.05) is 13.8 Å². The van der Waals surface area contributed by atoms with E-state index in [-0.39, 0.29) is 39.8 Å². The van der Waals surface area contributed by atoms with E-state index in [1.54, 1.807) is 0 Å². The van der Waals surface area contributed by atoms with Crippen LogP contribution >= 0.6 is 0 Å². The summed E-state index contributed by atoms with van der Waals surface area (Å²) < 4.78 is 30.1. The lowest BCUT2D eigenvalue weighted by Gasteiger charge is -2.07. The Kier molecular flexibility index (Phi) is 31.3. The topological polar surface area (TPSA) is 159 Å². The zero-order valence-corrected chi connectivity index (χ0v) is 15.7. The van der Waals surface area contributed by atoms with Gasteiger partial charge in [0.2, 0.25) is 0 Å². The normalized spacial score (nSPS) is 12.7. The molecular weight excluding hydrogens is 344 g/mol. The van der Waals surface area contributed by atoms with Gasteiger partial charge in [-0.25, -0.2) is 0 Å². The standard InChI is InChI=1S/C8H20N2O3.C7H18N2O3.CH4/c1-8(10)6-11-4-5-13-7-12-3-2-9;1-7(9)4-12-6-11-3-2-10-5-8;/h8H,2-7,9-10H2,1H3;7H,2-6,8-9H2,1H3;1H4. The summed E-state index contributed by atoms with van der Waals surface area (Å²) in [4.78, 5) is 0. The summed E-state index contributed by atoms with van der Waals surface area (Å²) in [5.41, 5.74) is 21.2. The fourth-order valence-electron chi connectivity index (χ4n) is 1.20. The molecule has 0 aliphatic carbocycles. The summed E-state index contributed by atoms with van der Waals surface area (Å²) in [5, 5.41) is 0. The number of ether oxygens (including phenoxy) is 6. The summed E-state index contributed by atoms with van der Waals surface area (Å²) in [6.07, 6.45) is 0. The minimum absolute atomic E-state index is 0. The highest BCUT2D eigenvalue weighted by molar-refractivity contribution is 4.48. The molecule has 0 aromatic rings. The summed E-state index contributed by atoms with van der Waals surface area (Å²) >= 11 is 0. The van der Waals surface area contributed by atoms with E-state index < -0.39 is 0 Å². The second-order valence-corrected chi connectivity index (χ2v) is 5.22. The SMILES string of the molecule is C.CC(N)COCCOCOCCN.CC(N)COCOCCOCN. The minimum atomic E-state index is 0. The van der Waals surface area contributed by atoms with E-state index >= 15 is 0 Å². The van der Waals surface area contributed by atoms with Crippen LogP contribution < -0.4 is 22.9 Å². The van der Waals surface area contributed by atoms with Gasteiger partial charge in [-0.15, -0.1) is 0 Å². The van der Waals surface area contributed by atoms with Crippen molar-refractivity contribution in [1.82, 2.24) is 0 Å². The fraction of sp³-hybridized carbons (Fsp3) is 1.00. The van der Waals surface area contributed by atoms with Crippen LogP contribution in [0.4, 0.5) is 0 Å². The third-order valence-electron chi connectivity index (χ3n) is 2.22. The van der Waals surface area contributed by atoms with Crippen LogP contribution in [0.2, 0.25) is 0 Å². The van der Waals surface area contributed by atoms with Gasteiger partial charge in [0.25, 0.3) is 0 Å². The molecule has 0 radical (unpaired) electrons. The Morgan fingerprint density at radius 3 is 1.54 bits per heavy atom. The van der Waals surface area contributed by atoms with Crippen molar-refractivity contribution >= 4 is 0 Å². The Hall–Kier alpha value is -0.400. The fourth-order valence-corrected chi connectivity index (χ4v) is 1.20. The minimum Gasteiger partial charge on any atom is -0.377 e. The molecule has 0 spiro atoms. The molecule has 0 aliphatic rings. The highest BCUT2D eigenvalue weighted by Gasteiger charge is 1.94. The lowest BCUT2D eigenvalue weighted by molar-refractivity contribution is -0.0711. The van der Waals surface area contributed by atoms with Gasteiger partial charge in [-0.1, -0.05) is 7.43 Å². The Labute approximate surface area is 158 Å². The van der Waals surface area contributed by atoms with Crippen LogP contribution in [-0.4, -0.2) is 85.2 Å². The van der Waals surface area contributed by atoms with Crippen molar-refractivity contribution in [3.05, 3.63) is 0 Å². The second kappa shape index (κ2) is 26.8. The van der Waals surface area contributed by atoms with Gasteiger partial charge in [0, 0.05) is 18.6 Å². The Balaban J connectivity index is -0.000000393. The molecule has 8 N–H and O–H groups in total. The van der Waals surface area contributed by atoms with Gasteiger partial charge in [-0.3, -0.25) is 0 Å². The third kappa shape index (κ3) is 34.8. The van der Waals surface area contributed by atoms with Gasteiger partial charge in [0.05, 0.1) is 53.0 Å². The van der Waals surface area contributed by atoms with Crippen molar-refractivity contribution < 1.29 is 28.4 Å². The molecule has 162 valence electrons. The van der Waals surface area contributed by atoms with E-state index in [2.05, 4.69) is 0 Å². The van der Waals surface area contributed by atoms with E-state index in [1.165, 1.54) is 0 Å². The second-order valence-electron chi connectivity index (χ2n) is 5.22. The molecule has 10 nitrogen and oxygen atoms in total. The maximum atomic E-state index is 5.47. The van der Waals surface area contributed by atoms with Crippen LogP contribution in [0.3, 0.4) is 0 Å². The maximum absolute atomic E-state index is 5.47. The number of rotatable bonds is 17. The third-order valence-corrected chi connectivity index (χ3v) is 2.22. The van der Waals surface area contributed by atoms with Crippen LogP contribution in [0.15, 0.2) is 0 Å². The summed E-state index contributed by atoms with van der Waals surface area (Å²) in [7, 11) is 0. The molecule has 0 saturated heterocycles. The van der Waals surface area contributed by atoms with Crippen LogP contribution in [0.1, 0.15) is 21.3 Å². The molecule has 0 fully saturated rings. The lowest BCUT2D eigenvalue weighted by atomic mass is 10.4. The van der Waals surface area contributed by atoms with Crippen molar-refractivity contribution in [2.75, 3.05) is 73.1 Å². The molecule has 0 aromatic heterocycles. The zero-order chi connectivity index (χ0) is 19.2. The van der Waals surface area contributed by atoms with Crippen LogP contribution in [0, 0.1) is 0 Å². The Bertz CT molecular complexity index is 239. The molecule has 0 aliphatic heterocycles. The molecular formula is C16H42N4O6. The molecule has 10 heteroatoms. The molecule has 26 heavy (non-hydrogen) atoms. The summed E-state index contributed by atoms with van der Waals surface area (Å²) in [6, 6.07) is 0.127. The van der Waals surface area contributed by atoms with E-state index in [9.17, 15) is 0 Å². The van der Waals surface area contributed by atoms with Gasteiger partial charge in [0.1, 0.15) is 13.6 Å². The zero-order valence-electron chi connectivity index (χ0n) is 15.7. The van der Waals surface area contributed by atoms with Crippen LogP contribution in [0.5, 0.6) is 0 Å².